The number of benzene rings is 9. The number of fused-ring (bicyclic) bond motifs is 8. The molecule has 0 aliphatic heterocycles. The summed E-state index contributed by atoms with van der Waals surface area (Å²) in [5.74, 6) is 0. The average molecular weight is 720 g/mol. The van der Waals surface area contributed by atoms with E-state index in [1.165, 1.54) is 47.8 Å². The maximum Gasteiger partial charge on any atom is 0.143 e. The number of hydrogen-bond donors (Lipinski definition) is 0. The summed E-state index contributed by atoms with van der Waals surface area (Å²) in [6, 6.07) is 72.2. The van der Waals surface area contributed by atoms with Crippen molar-refractivity contribution in [3.8, 4) is 33.4 Å². The second-order valence-corrected chi connectivity index (χ2v) is 15.2. The number of rotatable bonds is 6. The molecule has 0 unspecified atom stereocenters. The SMILES string of the molecule is c1ccc(-c2cccc(N(c3ccc(-c4ccc5sc6ccccc6c5c4)cc3)c3cccc(-c4cccc5oc6c7ccccc7ccc6c45)c3)c2)cc1. The first-order valence-corrected chi connectivity index (χ1v) is 19.5. The predicted octanol–water partition coefficient (Wildman–Crippen LogP) is 15.6. The highest BCUT2D eigenvalue weighted by atomic mass is 32.1. The fraction of sp³-hybridized carbons (Fsp3) is 0. The van der Waals surface area contributed by atoms with Crippen LogP contribution in [0.2, 0.25) is 0 Å². The Morgan fingerprint density at radius 2 is 1.00 bits per heavy atom. The highest BCUT2D eigenvalue weighted by molar-refractivity contribution is 7.25. The summed E-state index contributed by atoms with van der Waals surface area (Å²) >= 11 is 1.86. The van der Waals surface area contributed by atoms with Crippen molar-refractivity contribution < 1.29 is 4.42 Å². The van der Waals surface area contributed by atoms with Crippen LogP contribution in [-0.4, -0.2) is 0 Å². The molecule has 0 fully saturated rings. The van der Waals surface area contributed by atoms with Crippen LogP contribution in [0.4, 0.5) is 17.1 Å². The third kappa shape index (κ3) is 5.40. The number of thiophene rings is 1. The summed E-state index contributed by atoms with van der Waals surface area (Å²) in [6.07, 6.45) is 0. The highest BCUT2D eigenvalue weighted by Gasteiger charge is 2.18. The van der Waals surface area contributed by atoms with Crippen LogP contribution in [-0.2, 0) is 0 Å². The molecule has 9 aromatic carbocycles. The normalized spacial score (nSPS) is 11.6. The molecule has 2 nitrogen and oxygen atoms in total. The van der Waals surface area contributed by atoms with Gasteiger partial charge in [0.25, 0.3) is 0 Å². The van der Waals surface area contributed by atoms with Gasteiger partial charge in [0.05, 0.1) is 0 Å². The van der Waals surface area contributed by atoms with Gasteiger partial charge < -0.3 is 9.32 Å². The van der Waals surface area contributed by atoms with Crippen LogP contribution in [0, 0.1) is 0 Å². The van der Waals surface area contributed by atoms with Gasteiger partial charge in [-0.3, -0.25) is 0 Å². The van der Waals surface area contributed by atoms with Crippen molar-refractivity contribution in [3.63, 3.8) is 0 Å². The lowest BCUT2D eigenvalue weighted by Crippen LogP contribution is -2.10. The zero-order valence-corrected chi connectivity index (χ0v) is 30.6. The fourth-order valence-corrected chi connectivity index (χ4v) is 9.30. The summed E-state index contributed by atoms with van der Waals surface area (Å²) in [4.78, 5) is 2.37. The third-order valence-corrected chi connectivity index (χ3v) is 12.0. The summed E-state index contributed by atoms with van der Waals surface area (Å²) < 4.78 is 9.22. The molecule has 2 heterocycles. The van der Waals surface area contributed by atoms with Gasteiger partial charge in [-0.15, -0.1) is 11.3 Å². The van der Waals surface area contributed by atoms with Gasteiger partial charge in [0, 0.05) is 53.4 Å². The highest BCUT2D eigenvalue weighted by Crippen LogP contribution is 2.43. The van der Waals surface area contributed by atoms with Crippen molar-refractivity contribution in [3.05, 3.63) is 200 Å². The molecule has 11 rings (SSSR count). The molecule has 2 aromatic heterocycles. The van der Waals surface area contributed by atoms with E-state index in [0.29, 0.717) is 0 Å². The van der Waals surface area contributed by atoms with E-state index < -0.39 is 0 Å². The molecule has 0 saturated heterocycles. The van der Waals surface area contributed by atoms with E-state index in [2.05, 4.69) is 205 Å². The topological polar surface area (TPSA) is 16.4 Å². The lowest BCUT2D eigenvalue weighted by atomic mass is 9.97. The van der Waals surface area contributed by atoms with Crippen molar-refractivity contribution in [2.75, 3.05) is 4.90 Å². The van der Waals surface area contributed by atoms with Crippen molar-refractivity contribution in [1.82, 2.24) is 0 Å². The number of nitrogens with zero attached hydrogens (tertiary/aromatic N) is 1. The van der Waals surface area contributed by atoms with E-state index in [1.54, 1.807) is 0 Å². The largest absolute Gasteiger partial charge is 0.455 e. The number of furan rings is 1. The van der Waals surface area contributed by atoms with Crippen LogP contribution in [0.25, 0.3) is 86.3 Å². The molecule has 11 aromatic rings. The van der Waals surface area contributed by atoms with Crippen LogP contribution in [0.1, 0.15) is 0 Å². The lowest BCUT2D eigenvalue weighted by Gasteiger charge is -2.27. The van der Waals surface area contributed by atoms with Crippen LogP contribution in [0.5, 0.6) is 0 Å². The molecular weight excluding hydrogens is 687 g/mol. The Morgan fingerprint density at radius 3 is 1.85 bits per heavy atom. The first-order chi connectivity index (χ1) is 27.2. The van der Waals surface area contributed by atoms with Gasteiger partial charge in [-0.1, -0.05) is 133 Å². The third-order valence-electron chi connectivity index (χ3n) is 10.8. The monoisotopic (exact) mass is 719 g/mol. The van der Waals surface area contributed by atoms with Gasteiger partial charge in [0.2, 0.25) is 0 Å². The molecule has 0 N–H and O–H groups in total. The minimum absolute atomic E-state index is 0.894. The maximum atomic E-state index is 6.58. The lowest BCUT2D eigenvalue weighted by molar-refractivity contribution is 0.673. The molecule has 0 amide bonds. The quantitative estimate of drug-likeness (QED) is 0.170. The van der Waals surface area contributed by atoms with Gasteiger partial charge >= 0.3 is 0 Å². The smallest absolute Gasteiger partial charge is 0.143 e. The summed E-state index contributed by atoms with van der Waals surface area (Å²) in [5, 5.41) is 7.21. The second-order valence-electron chi connectivity index (χ2n) is 14.1. The molecule has 0 bridgehead atoms. The summed E-state index contributed by atoms with van der Waals surface area (Å²) in [5.41, 5.74) is 12.2. The Hall–Kier alpha value is -6.94. The van der Waals surface area contributed by atoms with Crippen molar-refractivity contribution >= 4 is 81.3 Å². The van der Waals surface area contributed by atoms with Crippen molar-refractivity contribution in [2.24, 2.45) is 0 Å². The predicted molar refractivity (Wildman–Crippen MR) is 235 cm³/mol. The van der Waals surface area contributed by atoms with E-state index >= 15 is 0 Å². The van der Waals surface area contributed by atoms with E-state index in [0.717, 1.165) is 55.5 Å². The minimum atomic E-state index is 0.894. The molecule has 0 aliphatic rings. The van der Waals surface area contributed by atoms with E-state index in [4.69, 9.17) is 4.42 Å². The molecule has 0 aliphatic carbocycles. The Bertz CT molecular complexity index is 3210. The molecule has 0 saturated carbocycles. The summed E-state index contributed by atoms with van der Waals surface area (Å²) in [7, 11) is 0. The van der Waals surface area contributed by atoms with E-state index in [9.17, 15) is 0 Å². The Balaban J connectivity index is 1.05. The Morgan fingerprint density at radius 1 is 0.364 bits per heavy atom. The van der Waals surface area contributed by atoms with Crippen LogP contribution in [0.15, 0.2) is 205 Å². The zero-order valence-electron chi connectivity index (χ0n) is 29.8. The van der Waals surface area contributed by atoms with Gasteiger partial charge in [0.1, 0.15) is 11.2 Å². The molecule has 258 valence electrons. The van der Waals surface area contributed by atoms with Gasteiger partial charge in [-0.25, -0.2) is 0 Å². The van der Waals surface area contributed by atoms with Crippen LogP contribution >= 0.6 is 11.3 Å². The standard InChI is InChI=1S/C52H33NOS/c1-2-11-34(12-3-1)37-14-8-16-41(31-37)53(40-27-23-35(24-28-40)38-26-30-50-47(33-38)45-19-6-7-22-49(45)55-50)42-17-9-15-39(32-42)43-20-10-21-48-51(43)46-29-25-36-13-4-5-18-44(36)52(46)54-48/h1-33H. The van der Waals surface area contributed by atoms with Crippen molar-refractivity contribution in [2.45, 2.75) is 0 Å². The van der Waals surface area contributed by atoms with Crippen LogP contribution < -0.4 is 4.90 Å². The number of hydrogen-bond acceptors (Lipinski definition) is 3. The van der Waals surface area contributed by atoms with Crippen LogP contribution in [0.3, 0.4) is 0 Å². The molecule has 0 spiro atoms. The van der Waals surface area contributed by atoms with Gasteiger partial charge in [0.15, 0.2) is 0 Å². The average Bonchev–Trinajstić information content (AvgIpc) is 3.83. The maximum absolute atomic E-state index is 6.58. The second kappa shape index (κ2) is 12.9. The Kier molecular flexibility index (Phi) is 7.39. The minimum Gasteiger partial charge on any atom is -0.455 e. The zero-order chi connectivity index (χ0) is 36.3. The summed E-state index contributed by atoms with van der Waals surface area (Å²) in [6.45, 7) is 0. The van der Waals surface area contributed by atoms with E-state index in [1.807, 2.05) is 11.3 Å². The Labute approximate surface area is 322 Å². The molecule has 0 radical (unpaired) electrons. The first-order valence-electron chi connectivity index (χ1n) is 18.7. The van der Waals surface area contributed by atoms with Crippen molar-refractivity contribution in [1.29, 1.82) is 0 Å². The molecule has 3 heteroatoms. The fourth-order valence-electron chi connectivity index (χ4n) is 8.22. The van der Waals surface area contributed by atoms with Gasteiger partial charge in [-0.05, 0) is 105 Å². The molecule has 55 heavy (non-hydrogen) atoms. The van der Waals surface area contributed by atoms with Gasteiger partial charge in [-0.2, -0.15) is 0 Å². The van der Waals surface area contributed by atoms with E-state index in [-0.39, 0.29) is 0 Å². The molecule has 0 atom stereocenters. The molecular formula is C52H33NOS. The number of anilines is 3. The first kappa shape index (κ1) is 31.6.